The number of hydrogen-bond donors (Lipinski definition) is 3. The van der Waals surface area contributed by atoms with E-state index in [2.05, 4.69) is 16.4 Å². The minimum Gasteiger partial charge on any atom is -0.497 e. The second kappa shape index (κ2) is 8.86. The first kappa shape index (κ1) is 19.9. The van der Waals surface area contributed by atoms with E-state index >= 15 is 0 Å². The molecule has 0 spiro atoms. The third-order valence-corrected chi connectivity index (χ3v) is 5.22. The Hall–Kier alpha value is -2.90. The maximum atomic E-state index is 12.2. The van der Waals surface area contributed by atoms with Crippen LogP contribution in [0.4, 0.5) is 4.79 Å². The van der Waals surface area contributed by atoms with Crippen LogP contribution in [0.5, 0.6) is 11.5 Å². The third kappa shape index (κ3) is 4.49. The number of H-pyrrole nitrogens is 1. The van der Waals surface area contributed by atoms with E-state index in [0.717, 1.165) is 40.9 Å². The van der Waals surface area contributed by atoms with Crippen LogP contribution in [-0.4, -0.2) is 60.8 Å². The molecule has 1 aliphatic heterocycles. The van der Waals surface area contributed by atoms with Crippen LogP contribution in [-0.2, 0) is 11.2 Å². The maximum absolute atomic E-state index is 12.2. The Bertz CT molecular complexity index is 840. The van der Waals surface area contributed by atoms with Gasteiger partial charge >= 0.3 is 12.0 Å². The Balaban J connectivity index is 1.47. The number of nitrogens with zero attached hydrogens (tertiary/aromatic N) is 1. The number of benzene rings is 1. The van der Waals surface area contributed by atoms with E-state index in [1.54, 1.807) is 19.1 Å². The number of urea groups is 1. The molecule has 3 N–H and O–H groups in total. The second-order valence-corrected chi connectivity index (χ2v) is 7.02. The first-order valence-corrected chi connectivity index (χ1v) is 9.51. The zero-order valence-electron chi connectivity index (χ0n) is 16.3. The number of carboxylic acid groups (broad SMARTS) is 1. The summed E-state index contributed by atoms with van der Waals surface area (Å²) in [6, 6.07) is 5.73. The van der Waals surface area contributed by atoms with Crippen LogP contribution in [0.2, 0.25) is 0 Å². The second-order valence-electron chi connectivity index (χ2n) is 7.02. The normalized spacial score (nSPS) is 14.9. The molecular formula is C20H27N3O5. The van der Waals surface area contributed by atoms with Gasteiger partial charge in [-0.15, -0.1) is 0 Å². The minimum absolute atomic E-state index is 0.119. The molecule has 3 rings (SSSR count). The molecule has 1 aliphatic rings. The fourth-order valence-corrected chi connectivity index (χ4v) is 3.57. The summed E-state index contributed by atoms with van der Waals surface area (Å²) < 4.78 is 10.7. The zero-order valence-corrected chi connectivity index (χ0v) is 16.3. The first-order chi connectivity index (χ1) is 13.5. The van der Waals surface area contributed by atoms with Crippen molar-refractivity contribution in [1.29, 1.82) is 0 Å². The van der Waals surface area contributed by atoms with Crippen molar-refractivity contribution in [2.75, 3.05) is 33.9 Å². The summed E-state index contributed by atoms with van der Waals surface area (Å²) in [5.74, 6) is 0.390. The summed E-state index contributed by atoms with van der Waals surface area (Å²) in [4.78, 5) is 28.3. The lowest BCUT2D eigenvalue weighted by atomic mass is 9.97. The highest BCUT2D eigenvalue weighted by Crippen LogP contribution is 2.31. The number of likely N-dealkylation sites (tertiary alicyclic amines) is 1. The predicted octanol–water partition coefficient (Wildman–Crippen LogP) is 2.62. The van der Waals surface area contributed by atoms with Gasteiger partial charge in [-0.3, -0.25) is 4.79 Å². The lowest BCUT2D eigenvalue weighted by molar-refractivity contribution is -0.143. The fourth-order valence-electron chi connectivity index (χ4n) is 3.57. The van der Waals surface area contributed by atoms with Crippen molar-refractivity contribution < 1.29 is 24.2 Å². The van der Waals surface area contributed by atoms with E-state index < -0.39 is 5.97 Å². The largest absolute Gasteiger partial charge is 0.497 e. The van der Waals surface area contributed by atoms with Crippen LogP contribution in [0.1, 0.15) is 25.0 Å². The number of amides is 2. The third-order valence-electron chi connectivity index (χ3n) is 5.22. The van der Waals surface area contributed by atoms with Crippen molar-refractivity contribution in [3.63, 3.8) is 0 Å². The van der Waals surface area contributed by atoms with Crippen LogP contribution in [0.3, 0.4) is 0 Å². The molecule has 0 saturated carbocycles. The quantitative estimate of drug-likeness (QED) is 0.632. The molecule has 0 atom stereocenters. The summed E-state index contributed by atoms with van der Waals surface area (Å²) in [6.45, 7) is 1.55. The number of hydrogen-bond acceptors (Lipinski definition) is 4. The number of aliphatic carboxylic acids is 1. The van der Waals surface area contributed by atoms with E-state index in [9.17, 15) is 9.59 Å². The molecule has 0 radical (unpaired) electrons. The average molecular weight is 389 g/mol. The van der Waals surface area contributed by atoms with Gasteiger partial charge in [-0.1, -0.05) is 0 Å². The lowest BCUT2D eigenvalue weighted by Crippen LogP contribution is -2.45. The summed E-state index contributed by atoms with van der Waals surface area (Å²) in [6.07, 6.45) is 2.62. The van der Waals surface area contributed by atoms with E-state index in [0.29, 0.717) is 32.5 Å². The Kier molecular flexibility index (Phi) is 6.28. The topological polar surface area (TPSA) is 104 Å². The van der Waals surface area contributed by atoms with E-state index in [1.807, 2.05) is 12.1 Å². The number of piperidine rings is 1. The number of methoxy groups -OCH3 is 2. The predicted molar refractivity (Wildman–Crippen MR) is 105 cm³/mol. The SMILES string of the molecule is COc1cc(OC)c2cc(CCCNC(=O)N3CCC(C(=O)O)CC3)[nH]c2c1. The number of carbonyl (C=O) groups excluding carboxylic acids is 1. The molecular weight excluding hydrogens is 362 g/mol. The number of ether oxygens (including phenoxy) is 2. The zero-order chi connectivity index (χ0) is 20.1. The minimum atomic E-state index is -0.771. The van der Waals surface area contributed by atoms with Gasteiger partial charge in [0.05, 0.1) is 25.7 Å². The van der Waals surface area contributed by atoms with E-state index in [1.165, 1.54) is 0 Å². The van der Waals surface area contributed by atoms with Crippen LogP contribution in [0, 0.1) is 5.92 Å². The number of carboxylic acids is 1. The molecule has 0 bridgehead atoms. The maximum Gasteiger partial charge on any atom is 0.317 e. The summed E-state index contributed by atoms with van der Waals surface area (Å²) in [5.41, 5.74) is 2.02. The summed E-state index contributed by atoms with van der Waals surface area (Å²) in [5, 5.41) is 12.9. The molecule has 1 aromatic heterocycles. The molecule has 0 unspecified atom stereocenters. The molecule has 2 heterocycles. The Morgan fingerprint density at radius 3 is 2.61 bits per heavy atom. The van der Waals surface area contributed by atoms with E-state index in [-0.39, 0.29) is 11.9 Å². The van der Waals surface area contributed by atoms with Gasteiger partial charge in [0, 0.05) is 42.8 Å². The van der Waals surface area contributed by atoms with Crippen molar-refractivity contribution in [3.05, 3.63) is 23.9 Å². The van der Waals surface area contributed by atoms with Crippen molar-refractivity contribution >= 4 is 22.9 Å². The first-order valence-electron chi connectivity index (χ1n) is 9.51. The number of aromatic nitrogens is 1. The summed E-state index contributed by atoms with van der Waals surface area (Å²) >= 11 is 0. The Morgan fingerprint density at radius 2 is 1.96 bits per heavy atom. The van der Waals surface area contributed by atoms with Crippen molar-refractivity contribution in [2.45, 2.75) is 25.7 Å². The molecule has 1 fully saturated rings. The van der Waals surface area contributed by atoms with Gasteiger partial charge in [-0.05, 0) is 31.7 Å². The molecule has 1 saturated heterocycles. The van der Waals surface area contributed by atoms with Crippen LogP contribution >= 0.6 is 0 Å². The molecule has 2 aromatic rings. The number of aromatic amines is 1. The van der Waals surface area contributed by atoms with Crippen molar-refractivity contribution in [2.24, 2.45) is 5.92 Å². The molecule has 2 amide bonds. The van der Waals surface area contributed by atoms with Gasteiger partial charge < -0.3 is 29.8 Å². The van der Waals surface area contributed by atoms with Crippen LogP contribution in [0.25, 0.3) is 10.9 Å². The highest BCUT2D eigenvalue weighted by atomic mass is 16.5. The van der Waals surface area contributed by atoms with Crippen molar-refractivity contribution in [3.8, 4) is 11.5 Å². The number of fused-ring (bicyclic) bond motifs is 1. The number of nitrogens with one attached hydrogen (secondary N) is 2. The molecule has 8 nitrogen and oxygen atoms in total. The van der Waals surface area contributed by atoms with Gasteiger partial charge in [0.2, 0.25) is 0 Å². The standard InChI is InChI=1S/C20H27N3O5/c1-27-15-11-17-16(18(12-15)28-2)10-14(22-17)4-3-7-21-20(26)23-8-5-13(6-9-23)19(24)25/h10-13,22H,3-9H2,1-2H3,(H,21,26)(H,24,25). The molecule has 8 heteroatoms. The highest BCUT2D eigenvalue weighted by molar-refractivity contribution is 5.88. The number of aryl methyl sites for hydroxylation is 1. The van der Waals surface area contributed by atoms with Crippen LogP contribution in [0.15, 0.2) is 18.2 Å². The molecule has 0 aliphatic carbocycles. The summed E-state index contributed by atoms with van der Waals surface area (Å²) in [7, 11) is 3.26. The smallest absolute Gasteiger partial charge is 0.317 e. The fraction of sp³-hybridized carbons (Fsp3) is 0.500. The molecule has 152 valence electrons. The van der Waals surface area contributed by atoms with Gasteiger partial charge in [0.1, 0.15) is 11.5 Å². The Labute approximate surface area is 163 Å². The van der Waals surface area contributed by atoms with E-state index in [4.69, 9.17) is 14.6 Å². The molecule has 28 heavy (non-hydrogen) atoms. The van der Waals surface area contributed by atoms with Gasteiger partial charge in [0.25, 0.3) is 0 Å². The number of carbonyl (C=O) groups is 2. The monoisotopic (exact) mass is 389 g/mol. The average Bonchev–Trinajstić information content (AvgIpc) is 3.13. The van der Waals surface area contributed by atoms with Crippen molar-refractivity contribution in [1.82, 2.24) is 15.2 Å². The Morgan fingerprint density at radius 1 is 1.21 bits per heavy atom. The van der Waals surface area contributed by atoms with Gasteiger partial charge in [0.15, 0.2) is 0 Å². The number of rotatable bonds is 7. The van der Waals surface area contributed by atoms with Gasteiger partial charge in [-0.25, -0.2) is 4.79 Å². The highest BCUT2D eigenvalue weighted by Gasteiger charge is 2.26. The van der Waals surface area contributed by atoms with Crippen LogP contribution < -0.4 is 14.8 Å². The van der Waals surface area contributed by atoms with Gasteiger partial charge in [-0.2, -0.15) is 0 Å². The molecule has 1 aromatic carbocycles. The lowest BCUT2D eigenvalue weighted by Gasteiger charge is -2.30.